The number of benzene rings is 1. The molecule has 2 heterocycles. The van der Waals surface area contributed by atoms with Crippen molar-refractivity contribution >= 4 is 23.2 Å². The zero-order valence-electron chi connectivity index (χ0n) is 11.7. The van der Waals surface area contributed by atoms with Crippen molar-refractivity contribution in [2.24, 2.45) is 0 Å². The summed E-state index contributed by atoms with van der Waals surface area (Å²) in [5.74, 6) is -0.163. The Kier molecular flexibility index (Phi) is 3.75. The highest BCUT2D eigenvalue weighted by Gasteiger charge is 2.33. The second-order valence-electron chi connectivity index (χ2n) is 5.12. The van der Waals surface area contributed by atoms with Gasteiger partial charge < -0.3 is 10.2 Å². The van der Waals surface area contributed by atoms with Crippen molar-refractivity contribution < 1.29 is 9.59 Å². The summed E-state index contributed by atoms with van der Waals surface area (Å²) in [6, 6.07) is 12.8. The number of carbonyl (C=O) groups is 2. The Labute approximate surface area is 127 Å². The highest BCUT2D eigenvalue weighted by atomic mass is 32.1. The number of amides is 2. The highest BCUT2D eigenvalue weighted by molar-refractivity contribution is 7.11. The second kappa shape index (κ2) is 5.69. The highest BCUT2D eigenvalue weighted by Crippen LogP contribution is 2.23. The summed E-state index contributed by atoms with van der Waals surface area (Å²) >= 11 is 1.66. The molecule has 1 aliphatic rings. The van der Waals surface area contributed by atoms with E-state index < -0.39 is 6.04 Å². The molecule has 3 rings (SSSR count). The van der Waals surface area contributed by atoms with Gasteiger partial charge in [0.05, 0.1) is 6.54 Å². The average Bonchev–Trinajstić information content (AvgIpc) is 2.89. The number of nitrogens with zero attached hydrogens (tertiary/aromatic N) is 1. The first-order valence-electron chi connectivity index (χ1n) is 6.82. The van der Waals surface area contributed by atoms with Gasteiger partial charge in [-0.25, -0.2) is 0 Å². The fraction of sp³-hybridized carbons (Fsp3) is 0.250. The van der Waals surface area contributed by atoms with Crippen LogP contribution in [0.15, 0.2) is 42.5 Å². The van der Waals surface area contributed by atoms with E-state index in [2.05, 4.69) is 5.32 Å². The molecule has 5 heteroatoms. The van der Waals surface area contributed by atoms with Gasteiger partial charge in [0.25, 0.3) is 5.91 Å². The number of rotatable bonds is 3. The van der Waals surface area contributed by atoms with Crippen LogP contribution in [0.4, 0.5) is 0 Å². The SMILES string of the molecule is Cc1ccc(CN2CC(=O)NC(c3ccccc3)C2=O)s1. The van der Waals surface area contributed by atoms with E-state index in [-0.39, 0.29) is 18.4 Å². The van der Waals surface area contributed by atoms with Gasteiger partial charge in [-0.2, -0.15) is 0 Å². The van der Waals surface area contributed by atoms with Crippen LogP contribution in [0.25, 0.3) is 0 Å². The van der Waals surface area contributed by atoms with Gasteiger partial charge in [0.15, 0.2) is 0 Å². The molecule has 0 radical (unpaired) electrons. The second-order valence-corrected chi connectivity index (χ2v) is 6.49. The molecule has 0 bridgehead atoms. The molecule has 0 saturated carbocycles. The van der Waals surface area contributed by atoms with Gasteiger partial charge in [-0.05, 0) is 24.6 Å². The number of hydrogen-bond donors (Lipinski definition) is 1. The molecule has 21 heavy (non-hydrogen) atoms. The van der Waals surface area contributed by atoms with Crippen LogP contribution in [0.1, 0.15) is 21.4 Å². The molecule has 1 aromatic heterocycles. The Hall–Kier alpha value is -2.14. The van der Waals surface area contributed by atoms with E-state index in [9.17, 15) is 9.59 Å². The number of aryl methyl sites for hydroxylation is 1. The van der Waals surface area contributed by atoms with E-state index in [1.807, 2.05) is 49.4 Å². The molecule has 0 spiro atoms. The Morgan fingerprint density at radius 2 is 1.95 bits per heavy atom. The summed E-state index contributed by atoms with van der Waals surface area (Å²) < 4.78 is 0. The van der Waals surface area contributed by atoms with Crippen LogP contribution >= 0.6 is 11.3 Å². The third-order valence-electron chi connectivity index (χ3n) is 3.47. The summed E-state index contributed by atoms with van der Waals surface area (Å²) in [7, 11) is 0. The molecule has 1 aliphatic heterocycles. The molecule has 1 saturated heterocycles. The van der Waals surface area contributed by atoms with Crippen molar-refractivity contribution in [3.05, 3.63) is 57.8 Å². The largest absolute Gasteiger partial charge is 0.339 e. The molecule has 108 valence electrons. The summed E-state index contributed by atoms with van der Waals surface area (Å²) in [5, 5.41) is 2.78. The van der Waals surface area contributed by atoms with Crippen molar-refractivity contribution in [1.82, 2.24) is 10.2 Å². The Morgan fingerprint density at radius 3 is 2.62 bits per heavy atom. The van der Waals surface area contributed by atoms with E-state index in [1.54, 1.807) is 16.2 Å². The fourth-order valence-electron chi connectivity index (χ4n) is 2.47. The minimum Gasteiger partial charge on any atom is -0.339 e. The third kappa shape index (κ3) is 2.97. The van der Waals surface area contributed by atoms with Gasteiger partial charge in [-0.15, -0.1) is 11.3 Å². The standard InChI is InChI=1S/C16H16N2O2S/c1-11-7-8-13(21-11)9-18-10-14(19)17-15(16(18)20)12-5-3-2-4-6-12/h2-8,15H,9-10H2,1H3,(H,17,19). The van der Waals surface area contributed by atoms with Crippen LogP contribution in [0.3, 0.4) is 0 Å². The lowest BCUT2D eigenvalue weighted by molar-refractivity contribution is -0.145. The quantitative estimate of drug-likeness (QED) is 0.945. The van der Waals surface area contributed by atoms with Crippen LogP contribution in [0, 0.1) is 6.92 Å². The van der Waals surface area contributed by atoms with Crippen molar-refractivity contribution in [2.75, 3.05) is 6.54 Å². The van der Waals surface area contributed by atoms with Gasteiger partial charge in [0.1, 0.15) is 12.6 Å². The third-order valence-corrected chi connectivity index (χ3v) is 4.46. The summed E-state index contributed by atoms with van der Waals surface area (Å²) in [6.07, 6.45) is 0. The summed E-state index contributed by atoms with van der Waals surface area (Å²) in [4.78, 5) is 28.4. The number of hydrogen-bond acceptors (Lipinski definition) is 3. The molecule has 1 aromatic carbocycles. The summed E-state index contributed by atoms with van der Waals surface area (Å²) in [6.45, 7) is 2.65. The van der Waals surface area contributed by atoms with E-state index in [0.29, 0.717) is 6.54 Å². The minimum atomic E-state index is -0.575. The van der Waals surface area contributed by atoms with Gasteiger partial charge in [0, 0.05) is 9.75 Å². The van der Waals surface area contributed by atoms with Gasteiger partial charge in [0.2, 0.25) is 5.91 Å². The first-order chi connectivity index (χ1) is 10.1. The smallest absolute Gasteiger partial charge is 0.250 e. The molecular weight excluding hydrogens is 284 g/mol. The minimum absolute atomic E-state index is 0.0492. The van der Waals surface area contributed by atoms with Gasteiger partial charge in [-0.3, -0.25) is 9.59 Å². The van der Waals surface area contributed by atoms with Crippen molar-refractivity contribution in [3.63, 3.8) is 0 Å². The van der Waals surface area contributed by atoms with Crippen LogP contribution in [0.2, 0.25) is 0 Å². The van der Waals surface area contributed by atoms with Crippen LogP contribution in [-0.4, -0.2) is 23.3 Å². The van der Waals surface area contributed by atoms with E-state index >= 15 is 0 Å². The van der Waals surface area contributed by atoms with E-state index in [1.165, 1.54) is 4.88 Å². The first kappa shape index (κ1) is 13.8. The normalized spacial score (nSPS) is 18.7. The van der Waals surface area contributed by atoms with Crippen LogP contribution < -0.4 is 5.32 Å². The molecule has 1 fully saturated rings. The van der Waals surface area contributed by atoms with Crippen molar-refractivity contribution in [3.8, 4) is 0 Å². The van der Waals surface area contributed by atoms with Crippen LogP contribution in [0.5, 0.6) is 0 Å². The zero-order chi connectivity index (χ0) is 14.8. The molecule has 1 N–H and O–H groups in total. The average molecular weight is 300 g/mol. The molecule has 2 aromatic rings. The number of carbonyl (C=O) groups excluding carboxylic acids is 2. The maximum Gasteiger partial charge on any atom is 0.250 e. The molecule has 1 atom stereocenters. The lowest BCUT2D eigenvalue weighted by Crippen LogP contribution is -2.52. The van der Waals surface area contributed by atoms with E-state index in [4.69, 9.17) is 0 Å². The predicted molar refractivity (Wildman–Crippen MR) is 81.8 cm³/mol. The monoisotopic (exact) mass is 300 g/mol. The van der Waals surface area contributed by atoms with Gasteiger partial charge in [-0.1, -0.05) is 30.3 Å². The number of nitrogens with one attached hydrogen (secondary N) is 1. The first-order valence-corrected chi connectivity index (χ1v) is 7.63. The molecule has 4 nitrogen and oxygen atoms in total. The lowest BCUT2D eigenvalue weighted by Gasteiger charge is -2.32. The van der Waals surface area contributed by atoms with Crippen LogP contribution in [-0.2, 0) is 16.1 Å². The number of piperazine rings is 1. The Morgan fingerprint density at radius 1 is 1.19 bits per heavy atom. The Balaban J connectivity index is 1.81. The summed E-state index contributed by atoms with van der Waals surface area (Å²) in [5.41, 5.74) is 0.822. The number of thiophene rings is 1. The molecule has 2 amide bonds. The maximum absolute atomic E-state index is 12.6. The topological polar surface area (TPSA) is 49.4 Å². The fourth-order valence-corrected chi connectivity index (χ4v) is 3.37. The van der Waals surface area contributed by atoms with Gasteiger partial charge >= 0.3 is 0 Å². The zero-order valence-corrected chi connectivity index (χ0v) is 12.5. The van der Waals surface area contributed by atoms with Crippen molar-refractivity contribution in [1.29, 1.82) is 0 Å². The lowest BCUT2D eigenvalue weighted by atomic mass is 10.0. The molecular formula is C16H16N2O2S. The molecule has 1 unspecified atom stereocenters. The predicted octanol–water partition coefficient (Wildman–Crippen LogP) is 2.26. The van der Waals surface area contributed by atoms with Crippen molar-refractivity contribution in [2.45, 2.75) is 19.5 Å². The maximum atomic E-state index is 12.6. The molecule has 0 aliphatic carbocycles. The van der Waals surface area contributed by atoms with E-state index in [0.717, 1.165) is 10.4 Å². The Bertz CT molecular complexity index is 666.